The quantitative estimate of drug-likeness (QED) is 0.243. The van der Waals surface area contributed by atoms with Crippen LogP contribution < -0.4 is 0 Å². The van der Waals surface area contributed by atoms with Gasteiger partial charge in [0.25, 0.3) is 0 Å². The Morgan fingerprint density at radius 2 is 1.18 bits per heavy atom. The lowest BCUT2D eigenvalue weighted by Crippen LogP contribution is -2.00. The highest BCUT2D eigenvalue weighted by atomic mass is 19.1. The maximum absolute atomic E-state index is 13.7. The van der Waals surface area contributed by atoms with Gasteiger partial charge in [-0.25, -0.2) is 19.3 Å². The smallest absolute Gasteiger partial charge is 0.164 e. The Morgan fingerprint density at radius 3 is 1.87 bits per heavy atom. The topological polar surface area (TPSA) is 51.8 Å². The predicted molar refractivity (Wildman–Crippen MR) is 149 cm³/mol. The molecule has 0 aliphatic heterocycles. The number of hydrogen-bond acceptors (Lipinski definition) is 4. The molecule has 5 aromatic carbocycles. The summed E-state index contributed by atoms with van der Waals surface area (Å²) in [6.07, 6.45) is 0. The third-order valence-electron chi connectivity index (χ3n) is 6.13. The molecule has 2 heterocycles. The van der Waals surface area contributed by atoms with Crippen molar-refractivity contribution in [2.75, 3.05) is 0 Å². The molecule has 0 fully saturated rings. The number of benzene rings is 5. The molecule has 0 amide bonds. The lowest BCUT2D eigenvalue weighted by molar-refractivity contribution is 0.628. The SMILES string of the molecule is [2H]c1c([2H])c(-c2ccccc2)c2c(oc3c([2H])c(-c4nc(-c5ccccc5)nc(-c5ccc(F)cc5)n4)c([2H])c([2H])c32)c1[2H]. The van der Waals surface area contributed by atoms with E-state index >= 15 is 0 Å². The van der Waals surface area contributed by atoms with Gasteiger partial charge in [0, 0.05) is 27.5 Å². The number of rotatable bonds is 4. The molecular formula is C33H20FN3O. The molecule has 0 unspecified atom stereocenters. The average molecular weight is 500 g/mol. The summed E-state index contributed by atoms with van der Waals surface area (Å²) in [7, 11) is 0. The first-order valence-electron chi connectivity index (χ1n) is 14.8. The second-order valence-electron chi connectivity index (χ2n) is 8.56. The highest BCUT2D eigenvalue weighted by Gasteiger charge is 2.16. The van der Waals surface area contributed by atoms with E-state index in [9.17, 15) is 5.76 Å². The van der Waals surface area contributed by atoms with Crippen LogP contribution >= 0.6 is 0 Å². The highest BCUT2D eigenvalue weighted by molar-refractivity contribution is 6.12. The van der Waals surface area contributed by atoms with Gasteiger partial charge in [-0.15, -0.1) is 0 Å². The van der Waals surface area contributed by atoms with E-state index in [1.165, 1.54) is 24.3 Å². The molecule has 0 bridgehead atoms. The molecular weight excluding hydrogens is 473 g/mol. The standard InChI is InChI=1S/C33H20FN3O/c34-25-17-14-23(15-18-25)32-35-31(22-10-5-2-6-11-22)36-33(37-32)24-16-19-27-29(20-24)38-28-13-7-12-26(30(27)28)21-8-3-1-4-9-21/h1-20H/i7D,12D,13D,16D,19D,20D. The summed E-state index contributed by atoms with van der Waals surface area (Å²) >= 11 is 0. The van der Waals surface area contributed by atoms with E-state index in [4.69, 9.17) is 11.3 Å². The van der Waals surface area contributed by atoms with Crippen molar-refractivity contribution in [3.8, 4) is 45.3 Å². The van der Waals surface area contributed by atoms with Crippen LogP contribution in [0.25, 0.3) is 67.2 Å². The van der Waals surface area contributed by atoms with Crippen LogP contribution in [-0.4, -0.2) is 15.0 Å². The zero-order valence-electron chi connectivity index (χ0n) is 25.7. The van der Waals surface area contributed by atoms with Crippen LogP contribution in [0, 0.1) is 5.82 Å². The van der Waals surface area contributed by atoms with E-state index < -0.39 is 5.82 Å². The third-order valence-corrected chi connectivity index (χ3v) is 6.13. The van der Waals surface area contributed by atoms with Crippen LogP contribution in [0.5, 0.6) is 0 Å². The number of hydrogen-bond donors (Lipinski definition) is 0. The van der Waals surface area contributed by atoms with Crippen LogP contribution in [0.2, 0.25) is 0 Å². The van der Waals surface area contributed by atoms with Crippen LogP contribution in [0.1, 0.15) is 8.22 Å². The third kappa shape index (κ3) is 3.91. The number of furan rings is 1. The zero-order valence-corrected chi connectivity index (χ0v) is 19.7. The molecule has 0 spiro atoms. The molecule has 0 atom stereocenters. The van der Waals surface area contributed by atoms with Gasteiger partial charge in [0.15, 0.2) is 17.5 Å². The first-order chi connectivity index (χ1) is 21.2. The fraction of sp³-hybridized carbons (Fsp3) is 0. The predicted octanol–water partition coefficient (Wildman–Crippen LogP) is 8.58. The minimum absolute atomic E-state index is 0.0500. The number of halogens is 1. The van der Waals surface area contributed by atoms with Gasteiger partial charge in [0.05, 0.1) is 8.22 Å². The summed E-state index contributed by atoms with van der Waals surface area (Å²) < 4.78 is 72.8. The normalized spacial score (nSPS) is 13.5. The van der Waals surface area contributed by atoms with E-state index in [0.29, 0.717) is 16.7 Å². The summed E-state index contributed by atoms with van der Waals surface area (Å²) in [5.41, 5.74) is 1.76. The van der Waals surface area contributed by atoms with Crippen molar-refractivity contribution < 1.29 is 17.0 Å². The minimum atomic E-state index is -0.433. The fourth-order valence-electron chi connectivity index (χ4n) is 4.31. The second kappa shape index (κ2) is 9.05. The van der Waals surface area contributed by atoms with Gasteiger partial charge < -0.3 is 4.42 Å². The van der Waals surface area contributed by atoms with Crippen LogP contribution in [-0.2, 0) is 0 Å². The van der Waals surface area contributed by atoms with Gasteiger partial charge in [-0.05, 0) is 53.5 Å². The van der Waals surface area contributed by atoms with E-state index in [1.807, 2.05) is 24.3 Å². The summed E-state index contributed by atoms with van der Waals surface area (Å²) in [5.74, 6) is -0.0534. The Morgan fingerprint density at radius 1 is 0.579 bits per heavy atom. The monoisotopic (exact) mass is 499 g/mol. The van der Waals surface area contributed by atoms with Crippen molar-refractivity contribution in [3.63, 3.8) is 0 Å². The van der Waals surface area contributed by atoms with Crippen LogP contribution in [0.4, 0.5) is 4.39 Å². The molecule has 0 N–H and O–H groups in total. The van der Waals surface area contributed by atoms with Crippen LogP contribution in [0.3, 0.4) is 0 Å². The van der Waals surface area contributed by atoms with Gasteiger partial charge in [0.2, 0.25) is 0 Å². The minimum Gasteiger partial charge on any atom is -0.456 e. The second-order valence-corrected chi connectivity index (χ2v) is 8.56. The molecule has 38 heavy (non-hydrogen) atoms. The number of fused-ring (bicyclic) bond motifs is 3. The Bertz CT molecular complexity index is 2240. The van der Waals surface area contributed by atoms with E-state index in [-0.39, 0.29) is 86.8 Å². The van der Waals surface area contributed by atoms with Crippen molar-refractivity contribution >= 4 is 21.9 Å². The largest absolute Gasteiger partial charge is 0.456 e. The lowest BCUT2D eigenvalue weighted by atomic mass is 9.99. The van der Waals surface area contributed by atoms with E-state index in [2.05, 4.69) is 15.0 Å². The molecule has 0 radical (unpaired) electrons. The Labute approximate surface area is 226 Å². The Hall–Kier alpha value is -5.16. The van der Waals surface area contributed by atoms with Gasteiger partial charge >= 0.3 is 0 Å². The van der Waals surface area contributed by atoms with E-state index in [0.717, 1.165) is 0 Å². The Kier molecular flexibility index (Phi) is 3.94. The molecule has 7 rings (SSSR count). The van der Waals surface area contributed by atoms with Crippen molar-refractivity contribution in [2.45, 2.75) is 0 Å². The molecule has 0 aliphatic rings. The summed E-state index contributed by atoms with van der Waals surface area (Å²) in [6, 6.07) is 21.7. The van der Waals surface area contributed by atoms with Gasteiger partial charge in [-0.1, -0.05) is 78.8 Å². The van der Waals surface area contributed by atoms with Gasteiger partial charge in [-0.2, -0.15) is 0 Å². The van der Waals surface area contributed by atoms with Crippen molar-refractivity contribution in [1.82, 2.24) is 15.0 Å². The number of nitrogens with zero attached hydrogens (tertiary/aromatic N) is 3. The van der Waals surface area contributed by atoms with Crippen molar-refractivity contribution in [1.29, 1.82) is 0 Å². The number of aromatic nitrogens is 3. The Balaban J connectivity index is 1.56. The maximum Gasteiger partial charge on any atom is 0.164 e. The fourth-order valence-corrected chi connectivity index (χ4v) is 4.31. The molecule has 5 heteroatoms. The molecule has 2 aromatic heterocycles. The van der Waals surface area contributed by atoms with E-state index in [1.54, 1.807) is 36.4 Å². The highest BCUT2D eigenvalue weighted by Crippen LogP contribution is 2.38. The lowest BCUT2D eigenvalue weighted by Gasteiger charge is -2.08. The first kappa shape index (κ1) is 16.6. The van der Waals surface area contributed by atoms with Gasteiger partial charge in [0.1, 0.15) is 17.0 Å². The van der Waals surface area contributed by atoms with Crippen LogP contribution in [0.15, 0.2) is 126 Å². The van der Waals surface area contributed by atoms with Gasteiger partial charge in [-0.3, -0.25) is 0 Å². The molecule has 180 valence electrons. The molecule has 0 saturated carbocycles. The first-order valence-corrected chi connectivity index (χ1v) is 11.8. The average Bonchev–Trinajstić information content (AvgIpc) is 3.45. The van der Waals surface area contributed by atoms with Crippen molar-refractivity contribution in [3.05, 3.63) is 127 Å². The molecule has 4 nitrogen and oxygen atoms in total. The molecule has 0 aliphatic carbocycles. The molecule has 0 saturated heterocycles. The summed E-state index contributed by atoms with van der Waals surface area (Å²) in [4.78, 5) is 13.7. The summed E-state index contributed by atoms with van der Waals surface area (Å²) in [5, 5.41) is 0.319. The zero-order chi connectivity index (χ0) is 30.7. The maximum atomic E-state index is 13.7. The van der Waals surface area contributed by atoms with Crippen molar-refractivity contribution in [2.24, 2.45) is 0 Å². The summed E-state index contributed by atoms with van der Waals surface area (Å²) in [6.45, 7) is 0. The molecule has 7 aromatic rings.